The molecule has 0 aliphatic heterocycles. The van der Waals surface area contributed by atoms with Gasteiger partial charge in [0, 0.05) is 12.1 Å². The molecule has 0 radical (unpaired) electrons. The van der Waals surface area contributed by atoms with Crippen molar-refractivity contribution in [1.29, 1.82) is 0 Å². The summed E-state index contributed by atoms with van der Waals surface area (Å²) >= 11 is 12.5. The number of imidazole rings is 1. The summed E-state index contributed by atoms with van der Waals surface area (Å²) in [7, 11) is 4.31. The number of hydrogen-bond acceptors (Lipinski definition) is 2. The third-order valence-corrected chi connectivity index (χ3v) is 5.15. The quantitative estimate of drug-likeness (QED) is 0.798. The summed E-state index contributed by atoms with van der Waals surface area (Å²) in [6, 6.07) is 5.85. The van der Waals surface area contributed by atoms with Gasteiger partial charge in [-0.3, -0.25) is 0 Å². The number of hydrogen-bond donors (Lipinski definition) is 0. The number of para-hydroxylation sites is 1. The molecule has 0 atom stereocenters. The van der Waals surface area contributed by atoms with E-state index in [-0.39, 0.29) is 5.54 Å². The fourth-order valence-electron chi connectivity index (χ4n) is 3.09. The molecule has 1 fully saturated rings. The Balaban J connectivity index is 2.10. The van der Waals surface area contributed by atoms with E-state index in [1.807, 2.05) is 18.2 Å². The molecule has 1 saturated carbocycles. The predicted octanol–water partition coefficient (Wildman–Crippen LogP) is 3.91. The Labute approximate surface area is 129 Å². The van der Waals surface area contributed by atoms with E-state index in [2.05, 4.69) is 28.5 Å². The zero-order valence-electron chi connectivity index (χ0n) is 11.9. The molecule has 0 bridgehead atoms. The molecular weight excluding hydrogens is 293 g/mol. The van der Waals surface area contributed by atoms with Gasteiger partial charge in [-0.25, -0.2) is 4.98 Å². The van der Waals surface area contributed by atoms with Crippen molar-refractivity contribution in [3.63, 3.8) is 0 Å². The Kier molecular flexibility index (Phi) is 3.69. The third kappa shape index (κ3) is 2.12. The van der Waals surface area contributed by atoms with Gasteiger partial charge in [-0.05, 0) is 45.5 Å². The minimum absolute atomic E-state index is 0.216. The normalized spacial score (nSPS) is 17.6. The van der Waals surface area contributed by atoms with Crippen LogP contribution >= 0.6 is 23.2 Å². The van der Waals surface area contributed by atoms with Gasteiger partial charge in [0.15, 0.2) is 0 Å². The molecule has 108 valence electrons. The van der Waals surface area contributed by atoms with Gasteiger partial charge >= 0.3 is 0 Å². The summed E-state index contributed by atoms with van der Waals surface area (Å²) in [5.74, 6) is 1.32. The number of aromatic nitrogens is 2. The fraction of sp³-hybridized carbons (Fsp3) is 0.533. The Morgan fingerprint density at radius 3 is 2.65 bits per heavy atom. The summed E-state index contributed by atoms with van der Waals surface area (Å²) in [4.78, 5) is 6.95. The smallest absolute Gasteiger partial charge is 0.124 e. The summed E-state index contributed by atoms with van der Waals surface area (Å²) in [5.41, 5.74) is 2.16. The van der Waals surface area contributed by atoms with Crippen LogP contribution in [0.1, 0.15) is 25.1 Å². The molecule has 0 spiro atoms. The van der Waals surface area contributed by atoms with Crippen molar-refractivity contribution < 1.29 is 0 Å². The molecule has 2 aromatic rings. The van der Waals surface area contributed by atoms with Gasteiger partial charge in [0.25, 0.3) is 0 Å². The van der Waals surface area contributed by atoms with Gasteiger partial charge in [-0.15, -0.1) is 11.6 Å². The first-order valence-electron chi connectivity index (χ1n) is 6.94. The second kappa shape index (κ2) is 5.21. The van der Waals surface area contributed by atoms with Crippen LogP contribution in [0.5, 0.6) is 0 Å². The van der Waals surface area contributed by atoms with Gasteiger partial charge in [-0.1, -0.05) is 17.7 Å². The Morgan fingerprint density at radius 1 is 1.35 bits per heavy atom. The predicted molar refractivity (Wildman–Crippen MR) is 84.6 cm³/mol. The van der Waals surface area contributed by atoms with E-state index >= 15 is 0 Å². The minimum Gasteiger partial charge on any atom is -0.324 e. The Hall–Kier alpha value is -0.770. The van der Waals surface area contributed by atoms with Crippen LogP contribution in [0.2, 0.25) is 5.02 Å². The van der Waals surface area contributed by atoms with E-state index in [4.69, 9.17) is 23.2 Å². The van der Waals surface area contributed by atoms with Crippen molar-refractivity contribution in [2.45, 2.75) is 37.2 Å². The number of likely N-dealkylation sites (N-methyl/N-ethyl adjacent to an activating group) is 1. The second-order valence-corrected chi connectivity index (χ2v) is 6.50. The lowest BCUT2D eigenvalue weighted by Gasteiger charge is -2.47. The number of halogens is 2. The fourth-order valence-corrected chi connectivity index (χ4v) is 3.56. The van der Waals surface area contributed by atoms with Gasteiger partial charge in [0.2, 0.25) is 0 Å². The van der Waals surface area contributed by atoms with Crippen molar-refractivity contribution in [1.82, 2.24) is 14.5 Å². The maximum atomic E-state index is 6.38. The third-order valence-electron chi connectivity index (χ3n) is 4.60. The highest BCUT2D eigenvalue weighted by molar-refractivity contribution is 6.35. The highest BCUT2D eigenvalue weighted by Crippen LogP contribution is 2.39. The molecule has 0 amide bonds. The average Bonchev–Trinajstić information content (AvgIpc) is 2.72. The zero-order valence-corrected chi connectivity index (χ0v) is 13.4. The minimum atomic E-state index is 0.216. The van der Waals surface area contributed by atoms with Crippen molar-refractivity contribution >= 4 is 34.2 Å². The zero-order chi connectivity index (χ0) is 14.3. The number of rotatable bonds is 4. The molecule has 3 nitrogen and oxygen atoms in total. The summed E-state index contributed by atoms with van der Waals surface area (Å²) in [6.45, 7) is 0.905. The molecule has 5 heteroatoms. The summed E-state index contributed by atoms with van der Waals surface area (Å²) in [5, 5.41) is 0.750. The van der Waals surface area contributed by atoms with Crippen LogP contribution < -0.4 is 0 Å². The first kappa shape index (κ1) is 14.2. The SMILES string of the molecule is CN(C)C1(Cn2c(CCl)nc3cccc(Cl)c32)CCC1. The second-order valence-electron chi connectivity index (χ2n) is 5.83. The molecule has 1 aliphatic rings. The maximum absolute atomic E-state index is 6.38. The molecule has 0 N–H and O–H groups in total. The van der Waals surface area contributed by atoms with Gasteiger partial charge in [-0.2, -0.15) is 0 Å². The van der Waals surface area contributed by atoms with Gasteiger partial charge < -0.3 is 9.47 Å². The Morgan fingerprint density at radius 2 is 2.10 bits per heavy atom. The largest absolute Gasteiger partial charge is 0.324 e. The standard InChI is InChI=1S/C15H19Cl2N3/c1-19(2)15(7-4-8-15)10-20-13(9-16)18-12-6-3-5-11(17)14(12)20/h3,5-6H,4,7-10H2,1-2H3. The molecule has 3 rings (SSSR count). The van der Waals surface area contributed by atoms with Crippen LogP contribution in [-0.4, -0.2) is 34.1 Å². The topological polar surface area (TPSA) is 21.1 Å². The van der Waals surface area contributed by atoms with Gasteiger partial charge in [0.05, 0.1) is 21.9 Å². The Bertz CT molecular complexity index is 629. The van der Waals surface area contributed by atoms with Crippen LogP contribution in [-0.2, 0) is 12.4 Å². The van der Waals surface area contributed by atoms with Crippen LogP contribution in [0.15, 0.2) is 18.2 Å². The lowest BCUT2D eigenvalue weighted by atomic mass is 9.75. The average molecular weight is 312 g/mol. The number of nitrogens with zero attached hydrogens (tertiary/aromatic N) is 3. The first-order chi connectivity index (χ1) is 9.57. The van der Waals surface area contributed by atoms with Crippen molar-refractivity contribution in [3.05, 3.63) is 29.0 Å². The van der Waals surface area contributed by atoms with Crippen LogP contribution in [0.3, 0.4) is 0 Å². The number of fused-ring (bicyclic) bond motifs is 1. The maximum Gasteiger partial charge on any atom is 0.124 e. The lowest BCUT2D eigenvalue weighted by Crippen LogP contribution is -2.53. The van der Waals surface area contributed by atoms with E-state index in [9.17, 15) is 0 Å². The number of alkyl halides is 1. The molecule has 1 aromatic carbocycles. The molecule has 20 heavy (non-hydrogen) atoms. The van der Waals surface area contributed by atoms with Crippen molar-refractivity contribution in [2.24, 2.45) is 0 Å². The van der Waals surface area contributed by atoms with Crippen LogP contribution in [0.4, 0.5) is 0 Å². The van der Waals surface area contributed by atoms with Gasteiger partial charge in [0.1, 0.15) is 5.82 Å². The molecule has 1 heterocycles. The summed E-state index contributed by atoms with van der Waals surface area (Å²) < 4.78 is 2.21. The molecule has 1 aromatic heterocycles. The summed E-state index contributed by atoms with van der Waals surface area (Å²) in [6.07, 6.45) is 3.71. The van der Waals surface area contributed by atoms with E-state index in [0.29, 0.717) is 5.88 Å². The van der Waals surface area contributed by atoms with E-state index in [1.165, 1.54) is 19.3 Å². The molecular formula is C15H19Cl2N3. The van der Waals surface area contributed by atoms with E-state index in [1.54, 1.807) is 0 Å². The highest BCUT2D eigenvalue weighted by atomic mass is 35.5. The van der Waals surface area contributed by atoms with Crippen LogP contribution in [0, 0.1) is 0 Å². The van der Waals surface area contributed by atoms with E-state index < -0.39 is 0 Å². The monoisotopic (exact) mass is 311 g/mol. The molecule has 0 saturated heterocycles. The lowest BCUT2D eigenvalue weighted by molar-refractivity contribution is 0.0429. The first-order valence-corrected chi connectivity index (χ1v) is 7.86. The molecule has 1 aliphatic carbocycles. The number of benzene rings is 1. The molecule has 0 unspecified atom stereocenters. The van der Waals surface area contributed by atoms with Crippen LogP contribution in [0.25, 0.3) is 11.0 Å². The highest BCUT2D eigenvalue weighted by Gasteiger charge is 2.40. The van der Waals surface area contributed by atoms with Crippen molar-refractivity contribution in [2.75, 3.05) is 14.1 Å². The van der Waals surface area contributed by atoms with Crippen molar-refractivity contribution in [3.8, 4) is 0 Å². The van der Waals surface area contributed by atoms with E-state index in [0.717, 1.165) is 28.4 Å².